The number of rotatable bonds is 15. The molecule has 6 nitrogen and oxygen atoms in total. The van der Waals surface area contributed by atoms with E-state index in [2.05, 4.69) is 13.2 Å². The maximum absolute atomic E-state index is 12.8. The molecule has 1 aromatic carbocycles. The molecule has 1 saturated carbocycles. The lowest BCUT2D eigenvalue weighted by Crippen LogP contribution is -2.32. The molecule has 2 rings (SSSR count). The van der Waals surface area contributed by atoms with E-state index in [1.807, 2.05) is 24.3 Å². The van der Waals surface area contributed by atoms with Crippen molar-refractivity contribution in [1.29, 1.82) is 0 Å². The Morgan fingerprint density at radius 2 is 1.58 bits per heavy atom. The molecule has 0 radical (unpaired) electrons. The SMILES string of the molecule is C=C(CO)C(=O)OCC(COC(=O)C(=C)C(F)(F)F)C1CCC(COc2ccc(CCCCF)cc2)CC1. The molecular weight excluding hydrogens is 508 g/mol. The molecule has 38 heavy (non-hydrogen) atoms. The Morgan fingerprint density at radius 1 is 0.974 bits per heavy atom. The van der Waals surface area contributed by atoms with Gasteiger partial charge in [-0.05, 0) is 74.5 Å². The van der Waals surface area contributed by atoms with E-state index in [0.29, 0.717) is 25.9 Å². The Bertz CT molecular complexity index is 920. The van der Waals surface area contributed by atoms with E-state index in [1.165, 1.54) is 0 Å². The first-order valence-electron chi connectivity index (χ1n) is 12.7. The number of hydrogen-bond donors (Lipinski definition) is 1. The number of benzene rings is 1. The zero-order valence-corrected chi connectivity index (χ0v) is 21.4. The normalized spacial score (nSPS) is 18.3. The molecule has 0 aromatic heterocycles. The smallest absolute Gasteiger partial charge is 0.422 e. The van der Waals surface area contributed by atoms with Crippen LogP contribution in [0.3, 0.4) is 0 Å². The Balaban J connectivity index is 1.88. The van der Waals surface area contributed by atoms with Crippen LogP contribution in [0.2, 0.25) is 0 Å². The molecule has 1 aliphatic carbocycles. The summed E-state index contributed by atoms with van der Waals surface area (Å²) in [6, 6.07) is 7.72. The minimum absolute atomic E-state index is 0.0583. The average Bonchev–Trinajstić information content (AvgIpc) is 2.91. The van der Waals surface area contributed by atoms with Crippen LogP contribution in [0.4, 0.5) is 17.6 Å². The van der Waals surface area contributed by atoms with Crippen molar-refractivity contribution in [3.05, 3.63) is 54.1 Å². The molecule has 1 unspecified atom stereocenters. The van der Waals surface area contributed by atoms with Gasteiger partial charge in [-0.15, -0.1) is 0 Å². The summed E-state index contributed by atoms with van der Waals surface area (Å²) < 4.78 is 66.5. The first-order chi connectivity index (χ1) is 18.0. The molecule has 1 aromatic rings. The van der Waals surface area contributed by atoms with Crippen molar-refractivity contribution >= 4 is 11.9 Å². The fraction of sp³-hybridized carbons (Fsp3) is 0.571. The van der Waals surface area contributed by atoms with Crippen LogP contribution in [0.15, 0.2) is 48.6 Å². The minimum atomic E-state index is -4.90. The van der Waals surface area contributed by atoms with Crippen LogP contribution in [0.5, 0.6) is 5.75 Å². The quantitative estimate of drug-likeness (QED) is 0.135. The van der Waals surface area contributed by atoms with Gasteiger partial charge in [-0.25, -0.2) is 9.59 Å². The molecule has 0 saturated heterocycles. The third kappa shape index (κ3) is 10.5. The van der Waals surface area contributed by atoms with E-state index in [-0.39, 0.29) is 37.3 Å². The topological polar surface area (TPSA) is 82.1 Å². The van der Waals surface area contributed by atoms with Gasteiger partial charge in [0.25, 0.3) is 0 Å². The van der Waals surface area contributed by atoms with Crippen molar-refractivity contribution in [3.8, 4) is 5.75 Å². The number of alkyl halides is 4. The van der Waals surface area contributed by atoms with Gasteiger partial charge < -0.3 is 19.3 Å². The maximum atomic E-state index is 12.8. The van der Waals surface area contributed by atoms with Gasteiger partial charge >= 0.3 is 18.1 Å². The van der Waals surface area contributed by atoms with E-state index in [9.17, 15) is 27.2 Å². The molecule has 1 N–H and O–H groups in total. The monoisotopic (exact) mass is 544 g/mol. The average molecular weight is 545 g/mol. The summed E-state index contributed by atoms with van der Waals surface area (Å²) in [6.07, 6.45) is 0.195. The molecule has 0 spiro atoms. The fourth-order valence-corrected chi connectivity index (χ4v) is 4.27. The van der Waals surface area contributed by atoms with E-state index >= 15 is 0 Å². The third-order valence-corrected chi connectivity index (χ3v) is 6.74. The summed E-state index contributed by atoms with van der Waals surface area (Å²) in [6.45, 7) is 5.19. The standard InChI is InChI=1S/C28H36F4O6/c1-19(15-33)26(34)37-17-24(18-38-27(35)20(2)28(30,31)32)23-10-6-22(7-11-23)16-36-25-12-8-21(9-13-25)5-3-4-14-29/h8-9,12-13,22-24,33H,1-7,10-11,14-18H2. The number of carbonyl (C=O) groups is 2. The highest BCUT2D eigenvalue weighted by Gasteiger charge is 2.39. The van der Waals surface area contributed by atoms with Crippen molar-refractivity contribution in [3.63, 3.8) is 0 Å². The van der Waals surface area contributed by atoms with E-state index in [4.69, 9.17) is 19.3 Å². The van der Waals surface area contributed by atoms with Crippen molar-refractivity contribution in [2.75, 3.05) is 33.1 Å². The minimum Gasteiger partial charge on any atom is -0.493 e. The number of carbonyl (C=O) groups excluding carboxylic acids is 2. The number of ether oxygens (including phenoxy) is 3. The summed E-state index contributed by atoms with van der Waals surface area (Å²) in [4.78, 5) is 23.7. The van der Waals surface area contributed by atoms with Crippen LogP contribution >= 0.6 is 0 Å². The molecule has 1 aliphatic rings. The predicted molar refractivity (Wildman–Crippen MR) is 133 cm³/mol. The number of aryl methyl sites for hydroxylation is 1. The number of aliphatic hydroxyl groups is 1. The summed E-state index contributed by atoms with van der Waals surface area (Å²) in [5.74, 6) is -1.96. The Hall–Kier alpha value is -2.88. The number of halogens is 4. The predicted octanol–water partition coefficient (Wildman–Crippen LogP) is 5.53. The zero-order valence-electron chi connectivity index (χ0n) is 21.4. The van der Waals surface area contributed by atoms with Gasteiger partial charge in [0.1, 0.15) is 11.3 Å². The van der Waals surface area contributed by atoms with E-state index < -0.39 is 36.2 Å². The highest BCUT2D eigenvalue weighted by molar-refractivity contribution is 5.89. The second-order valence-electron chi connectivity index (χ2n) is 9.58. The number of aliphatic hydroxyl groups excluding tert-OH is 1. The second kappa shape index (κ2) is 15.5. The molecule has 212 valence electrons. The molecule has 0 aliphatic heterocycles. The van der Waals surface area contributed by atoms with Crippen LogP contribution in [0.1, 0.15) is 44.1 Å². The van der Waals surface area contributed by atoms with Gasteiger partial charge in [0, 0.05) is 5.92 Å². The highest BCUT2D eigenvalue weighted by Crippen LogP contribution is 2.35. The lowest BCUT2D eigenvalue weighted by atomic mass is 9.76. The Labute approximate surface area is 220 Å². The van der Waals surface area contributed by atoms with Crippen LogP contribution < -0.4 is 4.74 Å². The number of unbranched alkanes of at least 4 members (excludes halogenated alkanes) is 1. The molecule has 0 amide bonds. The zero-order chi connectivity index (χ0) is 28.1. The van der Waals surface area contributed by atoms with Crippen LogP contribution in [-0.4, -0.2) is 56.3 Å². The lowest BCUT2D eigenvalue weighted by molar-refractivity contribution is -0.154. The van der Waals surface area contributed by atoms with Crippen molar-refractivity contribution in [1.82, 2.24) is 0 Å². The first-order valence-corrected chi connectivity index (χ1v) is 12.7. The molecule has 0 bridgehead atoms. The highest BCUT2D eigenvalue weighted by atomic mass is 19.4. The van der Waals surface area contributed by atoms with Gasteiger partial charge in [-0.1, -0.05) is 25.3 Å². The third-order valence-electron chi connectivity index (χ3n) is 6.74. The van der Waals surface area contributed by atoms with E-state index in [1.54, 1.807) is 0 Å². The molecule has 1 fully saturated rings. The van der Waals surface area contributed by atoms with Gasteiger partial charge in [0.2, 0.25) is 0 Å². The summed E-state index contributed by atoms with van der Waals surface area (Å²) in [7, 11) is 0. The Morgan fingerprint density at radius 3 is 2.13 bits per heavy atom. The lowest BCUT2D eigenvalue weighted by Gasteiger charge is -2.33. The van der Waals surface area contributed by atoms with Crippen LogP contribution in [0.25, 0.3) is 0 Å². The fourth-order valence-electron chi connectivity index (χ4n) is 4.27. The molecule has 0 heterocycles. The van der Waals surface area contributed by atoms with Gasteiger partial charge in [-0.2, -0.15) is 13.2 Å². The summed E-state index contributed by atoms with van der Waals surface area (Å²) in [5.41, 5.74) is -0.629. The van der Waals surface area contributed by atoms with E-state index in [0.717, 1.165) is 37.0 Å². The summed E-state index contributed by atoms with van der Waals surface area (Å²) >= 11 is 0. The maximum Gasteiger partial charge on any atom is 0.422 e. The van der Waals surface area contributed by atoms with Gasteiger partial charge in [0.05, 0.1) is 38.7 Å². The molecular formula is C28H36F4O6. The number of hydrogen-bond acceptors (Lipinski definition) is 6. The van der Waals surface area contributed by atoms with Gasteiger partial charge in [0.15, 0.2) is 0 Å². The van der Waals surface area contributed by atoms with Crippen LogP contribution in [0, 0.1) is 17.8 Å². The van der Waals surface area contributed by atoms with Crippen molar-refractivity contribution in [2.45, 2.75) is 51.1 Å². The van der Waals surface area contributed by atoms with Gasteiger partial charge in [-0.3, -0.25) is 4.39 Å². The Kier molecular flexibility index (Phi) is 12.8. The van der Waals surface area contributed by atoms with Crippen molar-refractivity contribution < 1.29 is 46.5 Å². The molecule has 10 heteroatoms. The summed E-state index contributed by atoms with van der Waals surface area (Å²) in [5, 5.41) is 9.04. The molecule has 1 atom stereocenters. The number of esters is 2. The van der Waals surface area contributed by atoms with Crippen LogP contribution in [-0.2, 0) is 25.5 Å². The second-order valence-corrected chi connectivity index (χ2v) is 9.58. The largest absolute Gasteiger partial charge is 0.493 e. The van der Waals surface area contributed by atoms with Crippen molar-refractivity contribution in [2.24, 2.45) is 17.8 Å². The first kappa shape index (κ1) is 31.3.